The Balaban J connectivity index is 1.96. The molecule has 2 amide bonds. The molecule has 1 heterocycles. The van der Waals surface area contributed by atoms with E-state index < -0.39 is 11.7 Å². The number of nitrogens with zero attached hydrogens (tertiary/aromatic N) is 4. The largest absolute Gasteiger partial charge is 0.444 e. The van der Waals surface area contributed by atoms with Crippen LogP contribution < -0.4 is 10.2 Å². The Morgan fingerprint density at radius 1 is 1.09 bits per heavy atom. The van der Waals surface area contributed by atoms with Gasteiger partial charge in [-0.3, -0.25) is 4.79 Å². The van der Waals surface area contributed by atoms with Crippen molar-refractivity contribution in [3.8, 4) is 11.1 Å². The molecule has 2 rings (SSSR count). The zero-order valence-corrected chi connectivity index (χ0v) is 19.7. The molecule has 1 N–H and O–H groups in total. The number of rotatable bonds is 9. The molecule has 9 nitrogen and oxygen atoms in total. The molecule has 0 aliphatic rings. The maximum absolute atomic E-state index is 12.4. The lowest BCUT2D eigenvalue weighted by Gasteiger charge is -2.21. The van der Waals surface area contributed by atoms with Crippen LogP contribution in [0.15, 0.2) is 36.7 Å². The predicted molar refractivity (Wildman–Crippen MR) is 123 cm³/mol. The number of benzene rings is 1. The topological polar surface area (TPSA) is 96.9 Å². The van der Waals surface area contributed by atoms with E-state index in [9.17, 15) is 9.59 Å². The minimum absolute atomic E-state index is 0.128. The molecular weight excluding hydrogens is 410 g/mol. The number of ether oxygens (including phenoxy) is 2. The molecule has 1 aromatic heterocycles. The highest BCUT2D eigenvalue weighted by Crippen LogP contribution is 2.21. The minimum atomic E-state index is -0.613. The maximum atomic E-state index is 12.4. The lowest BCUT2D eigenvalue weighted by Crippen LogP contribution is -2.40. The molecule has 2 aromatic rings. The normalized spacial score (nSPS) is 11.1. The van der Waals surface area contributed by atoms with Gasteiger partial charge in [-0.1, -0.05) is 18.2 Å². The molecule has 0 unspecified atom stereocenters. The molecular formula is C23H33N5O4. The lowest BCUT2D eigenvalue weighted by atomic mass is 10.1. The summed E-state index contributed by atoms with van der Waals surface area (Å²) < 4.78 is 10.2. The average Bonchev–Trinajstić information content (AvgIpc) is 2.75. The second kappa shape index (κ2) is 11.4. The van der Waals surface area contributed by atoms with Gasteiger partial charge in [-0.2, -0.15) is 0 Å². The third-order valence-electron chi connectivity index (χ3n) is 4.50. The van der Waals surface area contributed by atoms with Crippen molar-refractivity contribution in [1.82, 2.24) is 20.2 Å². The highest BCUT2D eigenvalue weighted by molar-refractivity contribution is 5.82. The molecule has 0 saturated heterocycles. The van der Waals surface area contributed by atoms with Crippen LogP contribution in [0.4, 0.5) is 10.7 Å². The van der Waals surface area contributed by atoms with Gasteiger partial charge in [0.25, 0.3) is 0 Å². The average molecular weight is 444 g/mol. The van der Waals surface area contributed by atoms with Gasteiger partial charge in [0.2, 0.25) is 11.9 Å². The monoisotopic (exact) mass is 443 g/mol. The number of alkyl carbamates (subject to hydrolysis) is 1. The second-order valence-electron chi connectivity index (χ2n) is 8.49. The zero-order chi connectivity index (χ0) is 23.7. The van der Waals surface area contributed by atoms with Crippen LogP contribution >= 0.6 is 0 Å². The van der Waals surface area contributed by atoms with Crippen molar-refractivity contribution in [1.29, 1.82) is 0 Å². The van der Waals surface area contributed by atoms with Crippen molar-refractivity contribution in [3.63, 3.8) is 0 Å². The summed E-state index contributed by atoms with van der Waals surface area (Å²) in [6.07, 6.45) is 2.95. The van der Waals surface area contributed by atoms with E-state index in [1.807, 2.05) is 36.2 Å². The van der Waals surface area contributed by atoms with E-state index >= 15 is 0 Å². The van der Waals surface area contributed by atoms with E-state index in [2.05, 4.69) is 15.3 Å². The lowest BCUT2D eigenvalue weighted by molar-refractivity contribution is -0.129. The minimum Gasteiger partial charge on any atom is -0.444 e. The maximum Gasteiger partial charge on any atom is 0.408 e. The molecule has 0 radical (unpaired) electrons. The first kappa shape index (κ1) is 25.1. The first-order chi connectivity index (χ1) is 15.1. The Morgan fingerprint density at radius 2 is 1.78 bits per heavy atom. The summed E-state index contributed by atoms with van der Waals surface area (Å²) in [5.41, 5.74) is 2.19. The third-order valence-corrected chi connectivity index (χ3v) is 4.50. The molecule has 0 atom stereocenters. The first-order valence-corrected chi connectivity index (χ1v) is 10.4. The van der Waals surface area contributed by atoms with E-state index in [-0.39, 0.29) is 12.5 Å². The van der Waals surface area contributed by atoms with E-state index in [0.29, 0.717) is 25.6 Å². The van der Waals surface area contributed by atoms with Crippen LogP contribution in [0.2, 0.25) is 0 Å². The van der Waals surface area contributed by atoms with E-state index in [4.69, 9.17) is 9.47 Å². The van der Waals surface area contributed by atoms with Gasteiger partial charge in [0, 0.05) is 52.3 Å². The van der Waals surface area contributed by atoms with Gasteiger partial charge in [-0.05, 0) is 38.0 Å². The Labute approximate surface area is 189 Å². The summed E-state index contributed by atoms with van der Waals surface area (Å²) in [5.74, 6) is 0.415. The van der Waals surface area contributed by atoms with Crippen LogP contribution in [0.3, 0.4) is 0 Å². The summed E-state index contributed by atoms with van der Waals surface area (Å²) in [6.45, 7) is 6.89. The second-order valence-corrected chi connectivity index (χ2v) is 8.49. The Bertz CT molecular complexity index is 896. The smallest absolute Gasteiger partial charge is 0.408 e. The SMILES string of the molecule is COCCN(C)c1ncc(-c2cccc(CN(C)C(=O)CNC(=O)OC(C)(C)C)c2)cn1. The molecule has 0 spiro atoms. The van der Waals surface area contributed by atoms with Crippen LogP contribution in [0.25, 0.3) is 11.1 Å². The number of carbonyl (C=O) groups is 2. The van der Waals surface area contributed by atoms with Gasteiger partial charge in [0.15, 0.2) is 0 Å². The summed E-state index contributed by atoms with van der Waals surface area (Å²) in [6, 6.07) is 7.85. The van der Waals surface area contributed by atoms with Crippen LogP contribution in [0.5, 0.6) is 0 Å². The third kappa shape index (κ3) is 8.14. The van der Waals surface area contributed by atoms with Crippen molar-refractivity contribution >= 4 is 17.9 Å². The fraction of sp³-hybridized carbons (Fsp3) is 0.478. The van der Waals surface area contributed by atoms with E-state index in [0.717, 1.165) is 16.7 Å². The molecule has 9 heteroatoms. The molecule has 0 saturated carbocycles. The summed E-state index contributed by atoms with van der Waals surface area (Å²) in [5, 5.41) is 2.49. The molecule has 1 aromatic carbocycles. The molecule has 0 aliphatic heterocycles. The highest BCUT2D eigenvalue weighted by Gasteiger charge is 2.18. The van der Waals surface area contributed by atoms with Crippen LogP contribution in [0.1, 0.15) is 26.3 Å². The van der Waals surface area contributed by atoms with E-state index in [1.54, 1.807) is 52.2 Å². The van der Waals surface area contributed by atoms with Gasteiger partial charge in [-0.25, -0.2) is 14.8 Å². The highest BCUT2D eigenvalue weighted by atomic mass is 16.6. The number of nitrogens with one attached hydrogen (secondary N) is 1. The predicted octanol–water partition coefficient (Wildman–Crippen LogP) is 2.71. The van der Waals surface area contributed by atoms with Crippen LogP contribution in [0, 0.1) is 0 Å². The van der Waals surface area contributed by atoms with Crippen LogP contribution in [-0.2, 0) is 20.8 Å². The molecule has 174 valence electrons. The van der Waals surface area contributed by atoms with Crippen molar-refractivity contribution in [3.05, 3.63) is 42.2 Å². The number of anilines is 1. The summed E-state index contributed by atoms with van der Waals surface area (Å²) in [7, 11) is 5.27. The van der Waals surface area contributed by atoms with Gasteiger partial charge in [-0.15, -0.1) is 0 Å². The van der Waals surface area contributed by atoms with Gasteiger partial charge in [0.05, 0.1) is 6.61 Å². The molecule has 0 fully saturated rings. The van der Waals surface area contributed by atoms with Crippen LogP contribution in [-0.4, -0.2) is 73.4 Å². The molecule has 0 aliphatic carbocycles. The first-order valence-electron chi connectivity index (χ1n) is 10.4. The standard InChI is InChI=1S/C23H33N5O4/c1-23(2,3)32-22(30)26-15-20(29)28(5)16-17-8-7-9-18(12-17)19-13-24-21(25-14-19)27(4)10-11-31-6/h7-9,12-14H,10-11,15-16H2,1-6H3,(H,26,30). The zero-order valence-electron chi connectivity index (χ0n) is 19.7. The van der Waals surface area contributed by atoms with Crippen molar-refractivity contribution in [2.45, 2.75) is 32.9 Å². The van der Waals surface area contributed by atoms with E-state index in [1.165, 1.54) is 0 Å². The number of likely N-dealkylation sites (N-methyl/N-ethyl adjacent to an activating group) is 2. The number of hydrogen-bond acceptors (Lipinski definition) is 7. The van der Waals surface area contributed by atoms with Crippen molar-refractivity contribution in [2.24, 2.45) is 0 Å². The fourth-order valence-electron chi connectivity index (χ4n) is 2.80. The van der Waals surface area contributed by atoms with Crippen molar-refractivity contribution in [2.75, 3.05) is 45.8 Å². The van der Waals surface area contributed by atoms with Gasteiger partial charge < -0.3 is 24.6 Å². The quantitative estimate of drug-likeness (QED) is 0.636. The number of hydrogen-bond donors (Lipinski definition) is 1. The molecule has 0 bridgehead atoms. The van der Waals surface area contributed by atoms with Crippen molar-refractivity contribution < 1.29 is 19.1 Å². The number of amides is 2. The van der Waals surface area contributed by atoms with Gasteiger partial charge >= 0.3 is 6.09 Å². The molecule has 32 heavy (non-hydrogen) atoms. The Morgan fingerprint density at radius 3 is 2.41 bits per heavy atom. The number of methoxy groups -OCH3 is 1. The van der Waals surface area contributed by atoms with Gasteiger partial charge in [0.1, 0.15) is 12.1 Å². The summed E-state index contributed by atoms with van der Waals surface area (Å²) in [4.78, 5) is 36.5. The Hall–Kier alpha value is -3.20. The fourth-order valence-corrected chi connectivity index (χ4v) is 2.80. The Kier molecular flexibility index (Phi) is 8.95. The number of carbonyl (C=O) groups excluding carboxylic acids is 2. The summed E-state index contributed by atoms with van der Waals surface area (Å²) >= 11 is 0. The number of aromatic nitrogens is 2.